The lowest BCUT2D eigenvalue weighted by atomic mass is 9.86. The van der Waals surface area contributed by atoms with E-state index in [0.717, 1.165) is 31.2 Å². The predicted octanol–water partition coefficient (Wildman–Crippen LogP) is 4.74. The molecule has 34 heavy (non-hydrogen) atoms. The van der Waals surface area contributed by atoms with E-state index in [-0.39, 0.29) is 75.9 Å². The van der Waals surface area contributed by atoms with Crippen molar-refractivity contribution in [3.8, 4) is 0 Å². The van der Waals surface area contributed by atoms with E-state index >= 15 is 0 Å². The molecule has 184 valence electrons. The Hall–Kier alpha value is -2.11. The first-order chi connectivity index (χ1) is 15.0. The van der Waals surface area contributed by atoms with Crippen molar-refractivity contribution in [2.24, 2.45) is 0 Å². The Morgan fingerprint density at radius 2 is 1.79 bits per heavy atom. The van der Waals surface area contributed by atoms with Gasteiger partial charge in [0, 0.05) is 23.6 Å². The summed E-state index contributed by atoms with van der Waals surface area (Å²) < 4.78 is 28.5. The number of carbonyl (C=O) groups is 1. The van der Waals surface area contributed by atoms with Crippen LogP contribution in [0.1, 0.15) is 61.9 Å². The standard InChI is InChI=1S/C23H23F2N5O.3H2S/c1-14(11-15-5-3-2-4-6-15)22(31)29-16-7-9-17(19(29)10-8-16)20-12-18(21(24)25)28-23-26-13-27-30(20)23;;;/h2-6,11-13,16-17,19,21H,7-10H2,1H3;3*1H2/b14-11+;;;/t16-,17-,19-;;;/m0.../s1. The van der Waals surface area contributed by atoms with Crippen molar-refractivity contribution in [1.29, 1.82) is 0 Å². The molecule has 1 aromatic carbocycles. The van der Waals surface area contributed by atoms with Gasteiger partial charge in [0.25, 0.3) is 12.2 Å². The zero-order valence-corrected chi connectivity index (χ0v) is 21.7. The monoisotopic (exact) mass is 525 g/mol. The topological polar surface area (TPSA) is 63.4 Å². The number of carbonyl (C=O) groups excluding carboxylic acids is 1. The number of piperidine rings is 1. The summed E-state index contributed by atoms with van der Waals surface area (Å²) >= 11 is 0. The van der Waals surface area contributed by atoms with E-state index in [4.69, 9.17) is 0 Å². The normalized spacial score (nSPS) is 21.6. The molecule has 2 fully saturated rings. The van der Waals surface area contributed by atoms with Crippen molar-refractivity contribution in [3.05, 3.63) is 65.2 Å². The lowest BCUT2D eigenvalue weighted by Gasteiger charge is -2.40. The fourth-order valence-electron chi connectivity index (χ4n) is 5.11. The van der Waals surface area contributed by atoms with E-state index in [0.29, 0.717) is 11.3 Å². The van der Waals surface area contributed by atoms with Gasteiger partial charge in [0.05, 0.1) is 5.69 Å². The van der Waals surface area contributed by atoms with Gasteiger partial charge in [0.1, 0.15) is 12.0 Å². The number of benzene rings is 1. The second kappa shape index (κ2) is 11.5. The van der Waals surface area contributed by atoms with Crippen LogP contribution in [-0.4, -0.2) is 42.5 Å². The minimum absolute atomic E-state index is 0. The lowest BCUT2D eigenvalue weighted by Crippen LogP contribution is -2.48. The molecule has 4 heterocycles. The molecule has 2 aliphatic rings. The Kier molecular flexibility index (Phi) is 9.55. The summed E-state index contributed by atoms with van der Waals surface area (Å²) in [7, 11) is 0. The van der Waals surface area contributed by atoms with Gasteiger partial charge in [-0.1, -0.05) is 30.3 Å². The van der Waals surface area contributed by atoms with Gasteiger partial charge in [-0.15, -0.1) is 0 Å². The number of hydrogen-bond donors (Lipinski definition) is 0. The van der Waals surface area contributed by atoms with Crippen LogP contribution in [0.3, 0.4) is 0 Å². The Morgan fingerprint density at radius 1 is 1.09 bits per heavy atom. The van der Waals surface area contributed by atoms with Crippen LogP contribution in [-0.2, 0) is 4.79 Å². The van der Waals surface area contributed by atoms with E-state index in [1.165, 1.54) is 12.4 Å². The van der Waals surface area contributed by atoms with Crippen LogP contribution in [0.25, 0.3) is 11.9 Å². The Balaban J connectivity index is 0.00000136. The SMILES string of the molecule is C/C(=C\c1ccccc1)C(=O)N1[C@H]2CC[C@H](c3cc(C(F)F)nc4ncnn34)[C@@H]1CC2.S.S.S. The average Bonchev–Trinajstić information content (AvgIpc) is 3.36. The molecule has 1 amide bonds. The summed E-state index contributed by atoms with van der Waals surface area (Å²) in [6.07, 6.45) is 3.99. The molecule has 5 rings (SSSR count). The van der Waals surface area contributed by atoms with Gasteiger partial charge in [-0.25, -0.2) is 18.3 Å². The third kappa shape index (κ3) is 5.11. The average molecular weight is 526 g/mol. The molecule has 0 saturated carbocycles. The van der Waals surface area contributed by atoms with Crippen LogP contribution in [0.15, 0.2) is 48.3 Å². The second-order valence-electron chi connectivity index (χ2n) is 8.31. The van der Waals surface area contributed by atoms with Crippen molar-refractivity contribution in [3.63, 3.8) is 0 Å². The van der Waals surface area contributed by atoms with Crippen LogP contribution >= 0.6 is 40.5 Å². The van der Waals surface area contributed by atoms with Crippen LogP contribution in [0, 0.1) is 0 Å². The molecule has 2 aromatic heterocycles. The summed E-state index contributed by atoms with van der Waals surface area (Å²) in [5, 5.41) is 4.22. The van der Waals surface area contributed by atoms with Gasteiger partial charge < -0.3 is 4.90 Å². The summed E-state index contributed by atoms with van der Waals surface area (Å²) in [6, 6.07) is 11.3. The molecule has 0 N–H and O–H groups in total. The lowest BCUT2D eigenvalue weighted by molar-refractivity contribution is -0.131. The number of halogens is 2. The Labute approximate surface area is 218 Å². The number of rotatable bonds is 4. The number of amides is 1. The number of alkyl halides is 2. The highest BCUT2D eigenvalue weighted by molar-refractivity contribution is 7.59. The third-order valence-electron chi connectivity index (χ3n) is 6.48. The minimum atomic E-state index is -2.69. The molecule has 0 radical (unpaired) electrons. The van der Waals surface area contributed by atoms with Crippen LogP contribution in [0.2, 0.25) is 0 Å². The van der Waals surface area contributed by atoms with E-state index in [9.17, 15) is 13.6 Å². The van der Waals surface area contributed by atoms with Crippen molar-refractivity contribution in [1.82, 2.24) is 24.5 Å². The zero-order valence-electron chi connectivity index (χ0n) is 18.7. The predicted molar refractivity (Wildman–Crippen MR) is 143 cm³/mol. The van der Waals surface area contributed by atoms with E-state index < -0.39 is 6.43 Å². The highest BCUT2D eigenvalue weighted by Crippen LogP contribution is 2.45. The second-order valence-corrected chi connectivity index (χ2v) is 8.31. The van der Waals surface area contributed by atoms with Crippen LogP contribution < -0.4 is 0 Å². The highest BCUT2D eigenvalue weighted by atomic mass is 32.1. The summed E-state index contributed by atoms with van der Waals surface area (Å²) in [6.45, 7) is 1.84. The van der Waals surface area contributed by atoms with E-state index in [2.05, 4.69) is 15.1 Å². The molecule has 3 aromatic rings. The molecule has 11 heteroatoms. The van der Waals surface area contributed by atoms with Crippen LogP contribution in [0.5, 0.6) is 0 Å². The fraction of sp³-hybridized carbons (Fsp3) is 0.391. The molecule has 2 aliphatic heterocycles. The molecule has 3 atom stereocenters. The molecule has 0 unspecified atom stereocenters. The molecule has 6 nitrogen and oxygen atoms in total. The van der Waals surface area contributed by atoms with Crippen molar-refractivity contribution in [2.45, 2.75) is 57.0 Å². The first-order valence-electron chi connectivity index (χ1n) is 10.6. The van der Waals surface area contributed by atoms with Gasteiger partial charge >= 0.3 is 0 Å². The van der Waals surface area contributed by atoms with E-state index in [1.807, 2.05) is 48.2 Å². The third-order valence-corrected chi connectivity index (χ3v) is 6.48. The fourth-order valence-corrected chi connectivity index (χ4v) is 5.11. The number of nitrogens with zero attached hydrogens (tertiary/aromatic N) is 5. The van der Waals surface area contributed by atoms with Crippen molar-refractivity contribution >= 4 is 58.2 Å². The Bertz CT molecular complexity index is 1160. The first kappa shape index (κ1) is 28.1. The maximum atomic E-state index is 13.5. The highest BCUT2D eigenvalue weighted by Gasteiger charge is 2.46. The van der Waals surface area contributed by atoms with Crippen LogP contribution in [0.4, 0.5) is 8.78 Å². The molecular formula is C23H29F2N5OS3. The zero-order chi connectivity index (χ0) is 21.5. The Morgan fingerprint density at radius 3 is 2.50 bits per heavy atom. The number of hydrogen-bond acceptors (Lipinski definition) is 4. The van der Waals surface area contributed by atoms with E-state index in [1.54, 1.807) is 4.52 Å². The summed E-state index contributed by atoms with van der Waals surface area (Å²) in [4.78, 5) is 23.4. The molecule has 0 spiro atoms. The largest absolute Gasteiger partial charge is 0.332 e. The minimum Gasteiger partial charge on any atom is -0.332 e. The maximum absolute atomic E-state index is 13.5. The van der Waals surface area contributed by atoms with Crippen molar-refractivity contribution < 1.29 is 13.6 Å². The quantitative estimate of drug-likeness (QED) is 0.462. The van der Waals surface area contributed by atoms with Gasteiger partial charge in [0.2, 0.25) is 5.91 Å². The van der Waals surface area contributed by atoms with Gasteiger partial charge in [-0.05, 0) is 50.3 Å². The summed E-state index contributed by atoms with van der Waals surface area (Å²) in [5.74, 6) is 0.0990. The molecule has 0 aliphatic carbocycles. The maximum Gasteiger partial charge on any atom is 0.280 e. The number of aromatic nitrogens is 4. The molecule has 2 bridgehead atoms. The van der Waals surface area contributed by atoms with Gasteiger partial charge in [-0.2, -0.15) is 50.6 Å². The first-order valence-corrected chi connectivity index (χ1v) is 10.6. The molecule has 2 saturated heterocycles. The smallest absolute Gasteiger partial charge is 0.280 e. The number of fused-ring (bicyclic) bond motifs is 3. The summed E-state index contributed by atoms with van der Waals surface area (Å²) in [5.41, 5.74) is 2.02. The molecular weight excluding hydrogens is 496 g/mol. The van der Waals surface area contributed by atoms with Crippen molar-refractivity contribution in [2.75, 3.05) is 0 Å². The van der Waals surface area contributed by atoms with Gasteiger partial charge in [-0.3, -0.25) is 4.79 Å². The van der Waals surface area contributed by atoms with Gasteiger partial charge in [0.15, 0.2) is 0 Å².